The van der Waals surface area contributed by atoms with Crippen molar-refractivity contribution in [2.45, 2.75) is 44.8 Å². The smallest absolute Gasteiger partial charge is 0.228 e. The lowest BCUT2D eigenvalue weighted by Gasteiger charge is -2.14. The number of halogens is 1. The van der Waals surface area contributed by atoms with Gasteiger partial charge in [-0.05, 0) is 30.2 Å². The van der Waals surface area contributed by atoms with Gasteiger partial charge in [-0.25, -0.2) is 13.4 Å². The predicted octanol–water partition coefficient (Wildman–Crippen LogP) is 3.28. The molecule has 0 aliphatic carbocycles. The second-order valence-corrected chi connectivity index (χ2v) is 8.53. The van der Waals surface area contributed by atoms with Crippen LogP contribution in [0.15, 0.2) is 35.6 Å². The molecule has 2 aromatic rings. The van der Waals surface area contributed by atoms with Crippen LogP contribution in [0.4, 0.5) is 0 Å². The van der Waals surface area contributed by atoms with E-state index in [-0.39, 0.29) is 10.9 Å². The molecule has 0 aliphatic heterocycles. The van der Waals surface area contributed by atoms with Crippen LogP contribution in [-0.4, -0.2) is 24.5 Å². The highest BCUT2D eigenvalue weighted by atomic mass is 35.5. The number of nitrogens with one attached hydrogen (secondary N) is 1. The van der Waals surface area contributed by atoms with E-state index in [2.05, 4.69) is 24.1 Å². The number of imidazole rings is 1. The molecule has 0 saturated heterocycles. The fraction of sp³-hybridized carbons (Fsp3) is 0.471. The van der Waals surface area contributed by atoms with E-state index in [0.29, 0.717) is 29.6 Å². The quantitative estimate of drug-likeness (QED) is 0.775. The van der Waals surface area contributed by atoms with Crippen molar-refractivity contribution in [3.63, 3.8) is 0 Å². The average Bonchev–Trinajstić information content (AvgIpc) is 2.87. The van der Waals surface area contributed by atoms with Crippen LogP contribution < -0.4 is 5.32 Å². The van der Waals surface area contributed by atoms with Gasteiger partial charge in [-0.1, -0.05) is 44.5 Å². The first kappa shape index (κ1) is 19.0. The first-order valence-corrected chi connectivity index (χ1v) is 10.1. The third-order valence-corrected chi connectivity index (χ3v) is 5.36. The van der Waals surface area contributed by atoms with Gasteiger partial charge in [-0.2, -0.15) is 0 Å². The maximum absolute atomic E-state index is 12.9. The van der Waals surface area contributed by atoms with E-state index in [1.807, 2.05) is 11.5 Å². The second-order valence-electron chi connectivity index (χ2n) is 6.21. The summed E-state index contributed by atoms with van der Waals surface area (Å²) < 4.78 is 27.5. The molecule has 1 N–H and O–H groups in total. The van der Waals surface area contributed by atoms with E-state index < -0.39 is 9.84 Å². The summed E-state index contributed by atoms with van der Waals surface area (Å²) in [5.41, 5.74) is 1.55. The number of hydrogen-bond acceptors (Lipinski definition) is 4. The Morgan fingerprint density at radius 1 is 1.33 bits per heavy atom. The molecule has 0 spiro atoms. The van der Waals surface area contributed by atoms with Crippen molar-refractivity contribution in [1.82, 2.24) is 14.9 Å². The Hall–Kier alpha value is -1.37. The number of sulfone groups is 1. The minimum Gasteiger partial charge on any atom is -0.317 e. The van der Waals surface area contributed by atoms with Crippen LogP contribution in [0, 0.1) is 5.92 Å². The first-order valence-electron chi connectivity index (χ1n) is 8.05. The Kier molecular flexibility index (Phi) is 6.43. The molecule has 0 aliphatic rings. The van der Waals surface area contributed by atoms with E-state index >= 15 is 0 Å². The molecule has 132 valence electrons. The summed E-state index contributed by atoms with van der Waals surface area (Å²) in [5, 5.41) is 3.88. The lowest BCUT2D eigenvalue weighted by Crippen LogP contribution is -2.20. The Labute approximate surface area is 149 Å². The minimum absolute atomic E-state index is 0.108. The van der Waals surface area contributed by atoms with E-state index in [4.69, 9.17) is 11.6 Å². The van der Waals surface area contributed by atoms with Crippen LogP contribution >= 0.6 is 11.6 Å². The Balaban J connectivity index is 2.36. The lowest BCUT2D eigenvalue weighted by molar-refractivity contribution is 0.464. The molecule has 0 fully saturated rings. The zero-order valence-corrected chi connectivity index (χ0v) is 15.9. The van der Waals surface area contributed by atoms with Gasteiger partial charge in [0.1, 0.15) is 0 Å². The largest absolute Gasteiger partial charge is 0.317 e. The van der Waals surface area contributed by atoms with Gasteiger partial charge < -0.3 is 9.88 Å². The predicted molar refractivity (Wildman–Crippen MR) is 96.8 cm³/mol. The van der Waals surface area contributed by atoms with Crippen LogP contribution in [0.5, 0.6) is 0 Å². The summed E-state index contributed by atoms with van der Waals surface area (Å²) in [6.45, 7) is 8.17. The van der Waals surface area contributed by atoms with Gasteiger partial charge in [0.25, 0.3) is 0 Å². The molecular weight excluding hydrogens is 346 g/mol. The van der Waals surface area contributed by atoms with Gasteiger partial charge in [0.2, 0.25) is 15.0 Å². The van der Waals surface area contributed by atoms with Crippen LogP contribution in [-0.2, 0) is 28.7 Å². The summed E-state index contributed by atoms with van der Waals surface area (Å²) in [6, 6.07) is 6.92. The summed E-state index contributed by atoms with van der Waals surface area (Å²) in [6.07, 6.45) is 1.65. The molecule has 2 rings (SSSR count). The van der Waals surface area contributed by atoms with Crippen molar-refractivity contribution < 1.29 is 8.42 Å². The third kappa shape index (κ3) is 4.82. The monoisotopic (exact) mass is 369 g/mol. The Morgan fingerprint density at radius 3 is 2.71 bits per heavy atom. The first-order chi connectivity index (χ1) is 11.3. The molecule has 1 aromatic carbocycles. The molecule has 1 heterocycles. The van der Waals surface area contributed by atoms with E-state index in [0.717, 1.165) is 12.2 Å². The minimum atomic E-state index is -3.55. The lowest BCUT2D eigenvalue weighted by atomic mass is 10.2. The number of rotatable bonds is 8. The Bertz CT molecular complexity index is 785. The summed E-state index contributed by atoms with van der Waals surface area (Å²) in [4.78, 5) is 4.21. The molecule has 5 nitrogen and oxygen atoms in total. The molecule has 0 atom stereocenters. The van der Waals surface area contributed by atoms with Crippen LogP contribution in [0.2, 0.25) is 5.02 Å². The molecule has 1 aromatic heterocycles. The van der Waals surface area contributed by atoms with E-state index in [9.17, 15) is 8.42 Å². The number of hydrogen-bond donors (Lipinski definition) is 1. The maximum Gasteiger partial charge on any atom is 0.228 e. The highest BCUT2D eigenvalue weighted by molar-refractivity contribution is 7.90. The molecule has 0 radical (unpaired) electrons. The average molecular weight is 370 g/mol. The molecule has 0 bridgehead atoms. The molecular formula is C17H24ClN3O2S. The maximum atomic E-state index is 12.9. The van der Waals surface area contributed by atoms with E-state index in [1.54, 1.807) is 30.5 Å². The van der Waals surface area contributed by atoms with Gasteiger partial charge in [0.05, 0.1) is 17.6 Å². The fourth-order valence-electron chi connectivity index (χ4n) is 2.51. The van der Waals surface area contributed by atoms with Crippen molar-refractivity contribution in [1.29, 1.82) is 0 Å². The third-order valence-electron chi connectivity index (χ3n) is 3.53. The van der Waals surface area contributed by atoms with Gasteiger partial charge >= 0.3 is 0 Å². The summed E-state index contributed by atoms with van der Waals surface area (Å²) >= 11 is 5.96. The van der Waals surface area contributed by atoms with Crippen molar-refractivity contribution in [2.24, 2.45) is 5.92 Å². The van der Waals surface area contributed by atoms with Crippen LogP contribution in [0.1, 0.15) is 32.0 Å². The molecule has 0 unspecified atom stereocenters. The summed E-state index contributed by atoms with van der Waals surface area (Å²) in [5.74, 6) is 0.211. The highest BCUT2D eigenvalue weighted by Crippen LogP contribution is 2.20. The van der Waals surface area contributed by atoms with Crippen LogP contribution in [0.25, 0.3) is 0 Å². The van der Waals surface area contributed by atoms with Gasteiger partial charge in [0.15, 0.2) is 0 Å². The van der Waals surface area contributed by atoms with Gasteiger partial charge in [-0.15, -0.1) is 0 Å². The number of aromatic nitrogens is 2. The van der Waals surface area contributed by atoms with Crippen molar-refractivity contribution in [3.8, 4) is 0 Å². The number of nitrogens with zero attached hydrogens (tertiary/aromatic N) is 2. The number of benzene rings is 1. The van der Waals surface area contributed by atoms with Gasteiger partial charge in [0, 0.05) is 18.1 Å². The topological polar surface area (TPSA) is 64.0 Å². The second kappa shape index (κ2) is 8.14. The molecule has 0 saturated carbocycles. The van der Waals surface area contributed by atoms with Crippen molar-refractivity contribution in [3.05, 3.63) is 46.7 Å². The SMILES string of the molecule is CCNCc1cnc(S(=O)(=O)Cc2cccc(Cl)c2)n1CC(C)C. The fourth-order valence-corrected chi connectivity index (χ4v) is 4.21. The van der Waals surface area contributed by atoms with E-state index in [1.165, 1.54) is 0 Å². The van der Waals surface area contributed by atoms with Gasteiger partial charge in [-0.3, -0.25) is 0 Å². The van der Waals surface area contributed by atoms with Crippen LogP contribution in [0.3, 0.4) is 0 Å². The normalized spacial score (nSPS) is 12.0. The highest BCUT2D eigenvalue weighted by Gasteiger charge is 2.24. The zero-order chi connectivity index (χ0) is 17.7. The molecule has 24 heavy (non-hydrogen) atoms. The van der Waals surface area contributed by atoms with Crippen molar-refractivity contribution in [2.75, 3.05) is 6.54 Å². The standard InChI is InChI=1S/C17H24ClN3O2S/c1-4-19-9-16-10-20-17(21(16)11-13(2)3)24(22,23)12-14-6-5-7-15(18)8-14/h5-8,10,13,19H,4,9,11-12H2,1-3H3. The van der Waals surface area contributed by atoms with Crippen molar-refractivity contribution >= 4 is 21.4 Å². The molecule has 0 amide bonds. The summed E-state index contributed by atoms with van der Waals surface area (Å²) in [7, 11) is -3.55. The zero-order valence-electron chi connectivity index (χ0n) is 14.3. The Morgan fingerprint density at radius 2 is 2.08 bits per heavy atom. The molecule has 7 heteroatoms.